The van der Waals surface area contributed by atoms with Gasteiger partial charge >= 0.3 is 11.8 Å². The van der Waals surface area contributed by atoms with Crippen molar-refractivity contribution >= 4 is 57.2 Å². The van der Waals surface area contributed by atoms with Gasteiger partial charge in [0.1, 0.15) is 0 Å². The summed E-state index contributed by atoms with van der Waals surface area (Å²) in [4.78, 5) is 36.5. The number of fused-ring (bicyclic) bond motifs is 1. The molecule has 0 aliphatic carbocycles. The zero-order chi connectivity index (χ0) is 22.4. The minimum atomic E-state index is -0.932. The van der Waals surface area contributed by atoms with Crippen molar-refractivity contribution in [3.8, 4) is 0 Å². The van der Waals surface area contributed by atoms with Gasteiger partial charge in [0.2, 0.25) is 5.91 Å². The van der Waals surface area contributed by atoms with E-state index in [0.717, 1.165) is 16.3 Å². The van der Waals surface area contributed by atoms with Gasteiger partial charge in [-0.15, -0.1) is 0 Å². The van der Waals surface area contributed by atoms with Crippen molar-refractivity contribution < 1.29 is 14.4 Å². The second kappa shape index (κ2) is 9.86. The van der Waals surface area contributed by atoms with Gasteiger partial charge in [-0.25, -0.2) is 5.43 Å². The molecule has 0 saturated carbocycles. The zero-order valence-electron chi connectivity index (χ0n) is 17.0. The molecule has 0 fully saturated rings. The molecular formula is C23H21ClN4O3. The van der Waals surface area contributed by atoms with Crippen LogP contribution >= 0.6 is 11.6 Å². The highest BCUT2D eigenvalue weighted by Crippen LogP contribution is 2.23. The molecular weight excluding hydrogens is 416 g/mol. The quantitative estimate of drug-likeness (QED) is 0.316. The first-order valence-corrected chi connectivity index (χ1v) is 9.90. The highest BCUT2D eigenvalue weighted by molar-refractivity contribution is 6.40. The van der Waals surface area contributed by atoms with Crippen LogP contribution < -0.4 is 16.1 Å². The van der Waals surface area contributed by atoms with Gasteiger partial charge in [0.05, 0.1) is 6.42 Å². The van der Waals surface area contributed by atoms with Gasteiger partial charge in [-0.2, -0.15) is 5.10 Å². The molecule has 0 saturated heterocycles. The molecule has 0 unspecified atom stereocenters. The Morgan fingerprint density at radius 3 is 2.35 bits per heavy atom. The average molecular weight is 437 g/mol. The van der Waals surface area contributed by atoms with Gasteiger partial charge in [-0.1, -0.05) is 54.1 Å². The first-order chi connectivity index (χ1) is 14.8. The summed E-state index contributed by atoms with van der Waals surface area (Å²) >= 11 is 6.05. The number of halogens is 1. The smallest absolute Gasteiger partial charge is 0.325 e. The number of carbonyl (C=O) groups is 3. The summed E-state index contributed by atoms with van der Waals surface area (Å²) in [5.41, 5.74) is 4.39. The fourth-order valence-corrected chi connectivity index (χ4v) is 3.09. The third-order valence-corrected chi connectivity index (χ3v) is 4.96. The molecule has 158 valence electrons. The monoisotopic (exact) mass is 436 g/mol. The number of rotatable bonds is 5. The average Bonchev–Trinajstić information content (AvgIpc) is 2.75. The van der Waals surface area contributed by atoms with Crippen LogP contribution in [-0.2, 0) is 14.4 Å². The Morgan fingerprint density at radius 2 is 1.55 bits per heavy atom. The van der Waals surface area contributed by atoms with Crippen LogP contribution in [0.1, 0.15) is 18.9 Å². The molecule has 3 aromatic rings. The molecule has 0 radical (unpaired) electrons. The Morgan fingerprint density at radius 1 is 0.871 bits per heavy atom. The van der Waals surface area contributed by atoms with Crippen LogP contribution in [0, 0.1) is 6.92 Å². The maximum atomic E-state index is 12.2. The van der Waals surface area contributed by atoms with Crippen molar-refractivity contribution in [2.75, 3.05) is 10.6 Å². The highest BCUT2D eigenvalue weighted by atomic mass is 35.5. The van der Waals surface area contributed by atoms with Gasteiger partial charge in [-0.05, 0) is 43.0 Å². The summed E-state index contributed by atoms with van der Waals surface area (Å²) in [6.45, 7) is 3.38. The van der Waals surface area contributed by atoms with Gasteiger partial charge < -0.3 is 10.6 Å². The van der Waals surface area contributed by atoms with Gasteiger partial charge in [-0.3, -0.25) is 14.4 Å². The second-order valence-electron chi connectivity index (χ2n) is 6.91. The number of nitrogens with zero attached hydrogens (tertiary/aromatic N) is 1. The SMILES string of the molecule is C/C(CC(=O)Nc1cccc(Cl)c1C)=N/NC(=O)C(=O)Nc1cccc2ccccc12. The number of anilines is 2. The topological polar surface area (TPSA) is 99.7 Å². The fourth-order valence-electron chi connectivity index (χ4n) is 2.92. The van der Waals surface area contributed by atoms with Gasteiger partial charge in [0.15, 0.2) is 0 Å². The normalized spacial score (nSPS) is 11.1. The highest BCUT2D eigenvalue weighted by Gasteiger charge is 2.15. The number of hydrogen-bond acceptors (Lipinski definition) is 4. The van der Waals surface area contributed by atoms with Gasteiger partial charge in [0.25, 0.3) is 0 Å². The van der Waals surface area contributed by atoms with Crippen LogP contribution in [0.5, 0.6) is 0 Å². The van der Waals surface area contributed by atoms with Crippen LogP contribution in [0.25, 0.3) is 10.8 Å². The maximum Gasteiger partial charge on any atom is 0.329 e. The molecule has 7 nitrogen and oxygen atoms in total. The number of nitrogens with one attached hydrogen (secondary N) is 3. The van der Waals surface area contributed by atoms with Crippen molar-refractivity contribution in [2.45, 2.75) is 20.3 Å². The van der Waals surface area contributed by atoms with Gasteiger partial charge in [0, 0.05) is 27.5 Å². The number of amides is 3. The third-order valence-electron chi connectivity index (χ3n) is 4.55. The Kier molecular flexibility index (Phi) is 6.99. The Labute approximate surface area is 184 Å². The van der Waals surface area contributed by atoms with Crippen molar-refractivity contribution in [1.29, 1.82) is 0 Å². The van der Waals surface area contributed by atoms with E-state index in [0.29, 0.717) is 22.1 Å². The van der Waals surface area contributed by atoms with Crippen LogP contribution in [0.15, 0.2) is 65.8 Å². The second-order valence-corrected chi connectivity index (χ2v) is 7.31. The van der Waals surface area contributed by atoms with E-state index in [1.807, 2.05) is 30.3 Å². The molecule has 0 aliphatic heterocycles. The molecule has 8 heteroatoms. The van der Waals surface area contributed by atoms with E-state index in [9.17, 15) is 14.4 Å². The van der Waals surface area contributed by atoms with Crippen molar-refractivity contribution in [3.05, 3.63) is 71.2 Å². The maximum absolute atomic E-state index is 12.2. The van der Waals surface area contributed by atoms with E-state index >= 15 is 0 Å². The van der Waals surface area contributed by atoms with Crippen LogP contribution in [-0.4, -0.2) is 23.4 Å². The molecule has 0 aliphatic rings. The van der Waals surface area contributed by atoms with Crippen molar-refractivity contribution in [1.82, 2.24) is 5.43 Å². The summed E-state index contributed by atoms with van der Waals surface area (Å²) in [5.74, 6) is -2.11. The molecule has 3 rings (SSSR count). The number of hydrogen-bond donors (Lipinski definition) is 3. The molecule has 0 bridgehead atoms. The Bertz CT molecular complexity index is 1190. The van der Waals surface area contributed by atoms with Crippen LogP contribution in [0.3, 0.4) is 0 Å². The van der Waals surface area contributed by atoms with Crippen molar-refractivity contribution in [3.63, 3.8) is 0 Å². The lowest BCUT2D eigenvalue weighted by Crippen LogP contribution is -2.33. The molecule has 3 amide bonds. The molecule has 0 spiro atoms. The largest absolute Gasteiger partial charge is 0.329 e. The van der Waals surface area contributed by atoms with E-state index in [4.69, 9.17) is 11.6 Å². The molecule has 31 heavy (non-hydrogen) atoms. The Balaban J connectivity index is 1.56. The lowest BCUT2D eigenvalue weighted by Gasteiger charge is -2.10. The summed E-state index contributed by atoms with van der Waals surface area (Å²) in [7, 11) is 0. The van der Waals surface area contributed by atoms with Crippen molar-refractivity contribution in [2.24, 2.45) is 5.10 Å². The standard InChI is InChI=1S/C23H21ClN4O3/c1-14(13-21(29)25-19-11-6-10-18(24)15(19)2)27-28-23(31)22(30)26-20-12-5-8-16-7-3-4-9-17(16)20/h3-12H,13H2,1-2H3,(H,25,29)(H,26,30)(H,28,31)/b27-14-. The molecule has 3 aromatic carbocycles. The number of benzene rings is 3. The zero-order valence-corrected chi connectivity index (χ0v) is 17.8. The van der Waals surface area contributed by atoms with E-state index in [2.05, 4.69) is 21.2 Å². The predicted octanol–water partition coefficient (Wildman–Crippen LogP) is 4.26. The summed E-state index contributed by atoms with van der Waals surface area (Å²) in [6, 6.07) is 18.1. The van der Waals surface area contributed by atoms with E-state index in [1.165, 1.54) is 0 Å². The van der Waals surface area contributed by atoms with Crippen LogP contribution in [0.2, 0.25) is 5.02 Å². The number of hydrazone groups is 1. The first-order valence-electron chi connectivity index (χ1n) is 9.52. The van der Waals surface area contributed by atoms with E-state index in [-0.39, 0.29) is 12.3 Å². The summed E-state index contributed by atoms with van der Waals surface area (Å²) in [6.07, 6.45) is -0.0584. The fraction of sp³-hybridized carbons (Fsp3) is 0.130. The lowest BCUT2D eigenvalue weighted by atomic mass is 10.1. The predicted molar refractivity (Wildman–Crippen MR) is 123 cm³/mol. The minimum absolute atomic E-state index is 0.0584. The molecule has 3 N–H and O–H groups in total. The first kappa shape index (κ1) is 22.0. The summed E-state index contributed by atoms with van der Waals surface area (Å²) < 4.78 is 0. The molecule has 0 aromatic heterocycles. The Hall–Kier alpha value is -3.71. The van der Waals surface area contributed by atoms with E-state index in [1.54, 1.807) is 44.2 Å². The van der Waals surface area contributed by atoms with Crippen LogP contribution in [0.4, 0.5) is 11.4 Å². The van der Waals surface area contributed by atoms with E-state index < -0.39 is 11.8 Å². The molecule has 0 heterocycles. The molecule has 0 atom stereocenters. The lowest BCUT2D eigenvalue weighted by molar-refractivity contribution is -0.136. The third kappa shape index (κ3) is 5.67. The minimum Gasteiger partial charge on any atom is -0.325 e. The summed E-state index contributed by atoms with van der Waals surface area (Å²) in [5, 5.41) is 11.5. The number of carbonyl (C=O) groups excluding carboxylic acids is 3.